The van der Waals surface area contributed by atoms with Crippen LogP contribution in [0.25, 0.3) is 6.08 Å². The Morgan fingerprint density at radius 3 is 2.57 bits per heavy atom. The average molecular weight is 420 g/mol. The second-order valence-electron chi connectivity index (χ2n) is 5.49. The number of nitro groups is 1. The van der Waals surface area contributed by atoms with Gasteiger partial charge in [-0.2, -0.15) is 0 Å². The third-order valence-corrected chi connectivity index (χ3v) is 4.86. The second-order valence-corrected chi connectivity index (χ2v) is 6.95. The molecular weight excluding hydrogens is 406 g/mol. The Morgan fingerprint density at radius 2 is 1.89 bits per heavy atom. The predicted molar refractivity (Wildman–Crippen MR) is 108 cm³/mol. The number of halogens is 1. The highest BCUT2D eigenvalue weighted by molar-refractivity contribution is 8.18. The minimum atomic E-state index is -0.541. The number of carbonyl (C=O) groups is 1. The molecule has 3 rings (SSSR count). The van der Waals surface area contributed by atoms with Crippen molar-refractivity contribution in [3.8, 4) is 11.5 Å². The van der Waals surface area contributed by atoms with Crippen molar-refractivity contribution < 1.29 is 19.2 Å². The summed E-state index contributed by atoms with van der Waals surface area (Å²) in [6.45, 7) is 0. The van der Waals surface area contributed by atoms with Gasteiger partial charge in [0.1, 0.15) is 11.4 Å². The van der Waals surface area contributed by atoms with Crippen LogP contribution in [0.1, 0.15) is 5.56 Å². The van der Waals surface area contributed by atoms with Gasteiger partial charge in [0.15, 0.2) is 10.9 Å². The van der Waals surface area contributed by atoms with E-state index in [1.54, 1.807) is 30.3 Å². The number of aliphatic imine (C=N–C) groups is 1. The van der Waals surface area contributed by atoms with Crippen molar-refractivity contribution in [2.24, 2.45) is 4.99 Å². The molecule has 8 nitrogen and oxygen atoms in total. The Morgan fingerprint density at radius 1 is 1.18 bits per heavy atom. The molecule has 10 heteroatoms. The molecule has 1 amide bonds. The van der Waals surface area contributed by atoms with Crippen LogP contribution in [0.4, 0.5) is 11.4 Å². The number of amides is 1. The van der Waals surface area contributed by atoms with Crippen LogP contribution in [0.5, 0.6) is 11.5 Å². The van der Waals surface area contributed by atoms with E-state index in [-0.39, 0.29) is 17.3 Å². The van der Waals surface area contributed by atoms with Crippen molar-refractivity contribution in [3.63, 3.8) is 0 Å². The molecule has 2 aromatic rings. The molecule has 0 aliphatic carbocycles. The van der Waals surface area contributed by atoms with Gasteiger partial charge in [-0.05, 0) is 47.7 Å². The summed E-state index contributed by atoms with van der Waals surface area (Å²) < 4.78 is 10.2. The number of rotatable bonds is 5. The van der Waals surface area contributed by atoms with Crippen LogP contribution in [0.2, 0.25) is 5.02 Å². The Hall–Kier alpha value is -3.04. The van der Waals surface area contributed by atoms with Gasteiger partial charge in [0.05, 0.1) is 24.0 Å². The summed E-state index contributed by atoms with van der Waals surface area (Å²) >= 11 is 7.10. The van der Waals surface area contributed by atoms with E-state index in [0.29, 0.717) is 32.1 Å². The van der Waals surface area contributed by atoms with Gasteiger partial charge in [-0.3, -0.25) is 14.9 Å². The Bertz CT molecular complexity index is 1020. The van der Waals surface area contributed by atoms with Crippen LogP contribution >= 0.6 is 23.4 Å². The Balaban J connectivity index is 1.90. The number of benzene rings is 2. The third kappa shape index (κ3) is 4.26. The molecule has 1 aliphatic heterocycles. The number of amidine groups is 1. The molecule has 1 aliphatic rings. The van der Waals surface area contributed by atoms with E-state index in [4.69, 9.17) is 21.1 Å². The second kappa shape index (κ2) is 8.32. The van der Waals surface area contributed by atoms with Crippen LogP contribution in [0, 0.1) is 10.1 Å². The van der Waals surface area contributed by atoms with Gasteiger partial charge in [-0.25, -0.2) is 4.99 Å². The minimum Gasteiger partial charge on any atom is -0.494 e. The molecule has 0 saturated carbocycles. The number of carbonyl (C=O) groups excluding carboxylic acids is 1. The molecule has 0 unspecified atom stereocenters. The molecule has 1 heterocycles. The van der Waals surface area contributed by atoms with Gasteiger partial charge in [0, 0.05) is 11.1 Å². The number of ether oxygens (including phenoxy) is 2. The van der Waals surface area contributed by atoms with E-state index in [9.17, 15) is 14.9 Å². The molecule has 0 aromatic heterocycles. The van der Waals surface area contributed by atoms with Gasteiger partial charge in [0.2, 0.25) is 0 Å². The summed E-state index contributed by atoms with van der Waals surface area (Å²) in [4.78, 5) is 27.6. The van der Waals surface area contributed by atoms with E-state index in [1.165, 1.54) is 26.4 Å². The van der Waals surface area contributed by atoms with Crippen LogP contribution in [0.15, 0.2) is 46.3 Å². The van der Waals surface area contributed by atoms with Crippen molar-refractivity contribution >= 4 is 51.9 Å². The summed E-state index contributed by atoms with van der Waals surface area (Å²) in [5.41, 5.74) is 0.781. The summed E-state index contributed by atoms with van der Waals surface area (Å²) in [7, 11) is 2.86. The van der Waals surface area contributed by atoms with Gasteiger partial charge in [-0.1, -0.05) is 17.7 Å². The number of hydrogen-bond donors (Lipinski definition) is 1. The van der Waals surface area contributed by atoms with E-state index < -0.39 is 4.92 Å². The topological polar surface area (TPSA) is 103 Å². The summed E-state index contributed by atoms with van der Waals surface area (Å²) in [6, 6.07) is 9.42. The fourth-order valence-electron chi connectivity index (χ4n) is 2.43. The summed E-state index contributed by atoms with van der Waals surface area (Å²) in [6.07, 6.45) is 1.55. The normalized spacial score (nSPS) is 16.3. The highest BCUT2D eigenvalue weighted by Crippen LogP contribution is 2.35. The van der Waals surface area contributed by atoms with Crippen LogP contribution in [-0.2, 0) is 4.79 Å². The molecular formula is C18H14ClN3O5S. The largest absolute Gasteiger partial charge is 0.494 e. The number of hydrogen-bond acceptors (Lipinski definition) is 7. The number of methoxy groups -OCH3 is 2. The zero-order valence-corrected chi connectivity index (χ0v) is 16.3. The first-order valence-corrected chi connectivity index (χ1v) is 9.06. The molecule has 0 atom stereocenters. The van der Waals surface area contributed by atoms with E-state index in [2.05, 4.69) is 10.3 Å². The van der Waals surface area contributed by atoms with Crippen molar-refractivity contribution in [1.82, 2.24) is 5.32 Å². The van der Waals surface area contributed by atoms with Gasteiger partial charge >= 0.3 is 5.69 Å². The molecule has 1 saturated heterocycles. The molecule has 144 valence electrons. The van der Waals surface area contributed by atoms with Gasteiger partial charge < -0.3 is 14.8 Å². The smallest absolute Gasteiger partial charge is 0.311 e. The standard InChI is InChI=1S/C18H14ClN3O5S/c1-26-14-6-4-11(19)9-12(14)20-18-21-17(23)16(28-18)8-10-3-5-15(27-2)13(7-10)22(24)25/h3-9H,1-2H3,(H,20,21,23)/b16-8-. The zero-order valence-electron chi connectivity index (χ0n) is 14.8. The van der Waals surface area contributed by atoms with Crippen molar-refractivity contribution in [2.75, 3.05) is 14.2 Å². The minimum absolute atomic E-state index is 0.144. The first kappa shape index (κ1) is 19.7. The van der Waals surface area contributed by atoms with Crippen LogP contribution in [0.3, 0.4) is 0 Å². The van der Waals surface area contributed by atoms with Crippen LogP contribution in [-0.4, -0.2) is 30.2 Å². The summed E-state index contributed by atoms with van der Waals surface area (Å²) in [5, 5.41) is 14.6. The number of nitro benzene ring substituents is 1. The number of nitrogens with zero attached hydrogens (tertiary/aromatic N) is 2. The lowest BCUT2D eigenvalue weighted by Crippen LogP contribution is -2.19. The maximum atomic E-state index is 12.2. The van der Waals surface area contributed by atoms with E-state index >= 15 is 0 Å². The predicted octanol–water partition coefficient (Wildman–Crippen LogP) is 4.16. The van der Waals surface area contributed by atoms with Crippen molar-refractivity contribution in [1.29, 1.82) is 0 Å². The zero-order chi connectivity index (χ0) is 20.3. The maximum Gasteiger partial charge on any atom is 0.311 e. The molecule has 1 N–H and O–H groups in total. The molecule has 0 spiro atoms. The third-order valence-electron chi connectivity index (χ3n) is 3.71. The average Bonchev–Trinajstić information content (AvgIpc) is 3.00. The fourth-order valence-corrected chi connectivity index (χ4v) is 3.43. The molecule has 1 fully saturated rings. The highest BCUT2D eigenvalue weighted by atomic mass is 35.5. The fraction of sp³-hybridized carbons (Fsp3) is 0.111. The highest BCUT2D eigenvalue weighted by Gasteiger charge is 2.25. The van der Waals surface area contributed by atoms with Gasteiger partial charge in [-0.15, -0.1) is 0 Å². The van der Waals surface area contributed by atoms with E-state index in [1.807, 2.05) is 0 Å². The quantitative estimate of drug-likeness (QED) is 0.443. The molecule has 0 radical (unpaired) electrons. The first-order chi connectivity index (χ1) is 13.4. The summed E-state index contributed by atoms with van der Waals surface area (Å²) in [5.74, 6) is 0.296. The monoisotopic (exact) mass is 419 g/mol. The number of thioether (sulfide) groups is 1. The lowest BCUT2D eigenvalue weighted by atomic mass is 10.1. The van der Waals surface area contributed by atoms with Crippen LogP contribution < -0.4 is 14.8 Å². The lowest BCUT2D eigenvalue weighted by molar-refractivity contribution is -0.385. The first-order valence-electron chi connectivity index (χ1n) is 7.87. The SMILES string of the molecule is COc1ccc(Cl)cc1N=C1NC(=O)/C(=C/c2ccc(OC)c([N+](=O)[O-])c2)S1. The van der Waals surface area contributed by atoms with Crippen molar-refractivity contribution in [2.45, 2.75) is 0 Å². The van der Waals surface area contributed by atoms with E-state index in [0.717, 1.165) is 11.8 Å². The molecule has 2 aromatic carbocycles. The van der Waals surface area contributed by atoms with Gasteiger partial charge in [0.25, 0.3) is 5.91 Å². The Kier molecular flexibility index (Phi) is 5.86. The lowest BCUT2D eigenvalue weighted by Gasteiger charge is -2.05. The number of nitrogens with one attached hydrogen (secondary N) is 1. The molecule has 0 bridgehead atoms. The van der Waals surface area contributed by atoms with Crippen molar-refractivity contribution in [3.05, 3.63) is 62.0 Å². The molecule has 28 heavy (non-hydrogen) atoms. The Labute approximate surface area is 169 Å². The maximum absolute atomic E-state index is 12.2.